The summed E-state index contributed by atoms with van der Waals surface area (Å²) in [5.74, 6) is 0.408. The lowest BCUT2D eigenvalue weighted by Crippen LogP contribution is -2.18. The van der Waals surface area contributed by atoms with E-state index < -0.39 is 0 Å². The van der Waals surface area contributed by atoms with Crippen LogP contribution in [-0.2, 0) is 5.75 Å². The molecule has 0 bridgehead atoms. The van der Waals surface area contributed by atoms with Gasteiger partial charge in [0.05, 0.1) is 0 Å². The molecule has 1 aromatic heterocycles. The molecule has 27 heavy (non-hydrogen) atoms. The number of carbonyl (C=O) groups is 2. The number of rotatable bonds is 6. The zero-order valence-electron chi connectivity index (χ0n) is 15.0. The maximum absolute atomic E-state index is 12.4. The van der Waals surface area contributed by atoms with Crippen molar-refractivity contribution in [2.75, 3.05) is 12.4 Å². The van der Waals surface area contributed by atoms with Gasteiger partial charge >= 0.3 is 0 Å². The van der Waals surface area contributed by atoms with E-state index in [9.17, 15) is 9.59 Å². The smallest absolute Gasteiger partial charge is 0.255 e. The normalized spacial score (nSPS) is 10.4. The van der Waals surface area contributed by atoms with Gasteiger partial charge in [0.15, 0.2) is 0 Å². The van der Waals surface area contributed by atoms with Gasteiger partial charge in [-0.15, -0.1) is 11.3 Å². The minimum atomic E-state index is -0.209. The van der Waals surface area contributed by atoms with Crippen molar-refractivity contribution in [1.29, 1.82) is 0 Å². The largest absolute Gasteiger partial charge is 0.355 e. The molecule has 2 N–H and O–H groups in total. The highest BCUT2D eigenvalue weighted by Crippen LogP contribution is 2.26. The molecule has 0 fully saturated rings. The Morgan fingerprint density at radius 2 is 1.85 bits per heavy atom. The van der Waals surface area contributed by atoms with E-state index in [0.717, 1.165) is 21.3 Å². The van der Waals surface area contributed by atoms with Crippen molar-refractivity contribution in [2.45, 2.75) is 17.0 Å². The number of benzene rings is 2. The van der Waals surface area contributed by atoms with Crippen LogP contribution in [0.2, 0.25) is 0 Å². The number of aromatic nitrogens is 1. The van der Waals surface area contributed by atoms with Crippen LogP contribution in [0.25, 0.3) is 0 Å². The molecule has 3 rings (SSSR count). The summed E-state index contributed by atoms with van der Waals surface area (Å²) in [4.78, 5) is 28.6. The lowest BCUT2D eigenvalue weighted by molar-refractivity contribution is 0.0961. The summed E-state index contributed by atoms with van der Waals surface area (Å²) < 4.78 is 1.05. The van der Waals surface area contributed by atoms with Gasteiger partial charge < -0.3 is 10.6 Å². The van der Waals surface area contributed by atoms with Gasteiger partial charge in [-0.25, -0.2) is 4.98 Å². The molecule has 7 heteroatoms. The number of amides is 2. The van der Waals surface area contributed by atoms with Gasteiger partial charge in [0.1, 0.15) is 4.34 Å². The molecule has 1 heterocycles. The van der Waals surface area contributed by atoms with E-state index in [2.05, 4.69) is 15.6 Å². The average molecular weight is 398 g/mol. The third kappa shape index (κ3) is 5.18. The van der Waals surface area contributed by atoms with Crippen LogP contribution in [-0.4, -0.2) is 23.8 Å². The maximum Gasteiger partial charge on any atom is 0.255 e. The summed E-state index contributed by atoms with van der Waals surface area (Å²) in [6, 6.07) is 14.4. The Labute approximate surface area is 166 Å². The van der Waals surface area contributed by atoms with Crippen LogP contribution >= 0.6 is 23.1 Å². The van der Waals surface area contributed by atoms with E-state index in [4.69, 9.17) is 0 Å². The van der Waals surface area contributed by atoms with Crippen LogP contribution in [0, 0.1) is 6.92 Å². The molecule has 0 aliphatic rings. The average Bonchev–Trinajstić information content (AvgIpc) is 3.11. The minimum Gasteiger partial charge on any atom is -0.355 e. The first-order valence-electron chi connectivity index (χ1n) is 8.32. The monoisotopic (exact) mass is 397 g/mol. The molecule has 2 amide bonds. The van der Waals surface area contributed by atoms with E-state index >= 15 is 0 Å². The predicted octanol–water partition coefficient (Wildman–Crippen LogP) is 4.36. The SMILES string of the molecule is CNC(=O)c1cccc(NC(=O)c2ccc(CSc3nc(C)cs3)cc2)c1. The van der Waals surface area contributed by atoms with E-state index in [1.54, 1.807) is 66.5 Å². The molecule has 0 spiro atoms. The third-order valence-electron chi connectivity index (χ3n) is 3.79. The highest BCUT2D eigenvalue weighted by atomic mass is 32.2. The Balaban J connectivity index is 1.61. The van der Waals surface area contributed by atoms with Crippen molar-refractivity contribution in [3.63, 3.8) is 0 Å². The van der Waals surface area contributed by atoms with Gasteiger partial charge in [0, 0.05) is 40.7 Å². The number of anilines is 1. The summed E-state index contributed by atoms with van der Waals surface area (Å²) >= 11 is 3.33. The molecule has 2 aromatic carbocycles. The van der Waals surface area contributed by atoms with Crippen molar-refractivity contribution >= 4 is 40.6 Å². The first kappa shape index (κ1) is 19.1. The molecule has 5 nitrogen and oxygen atoms in total. The Bertz CT molecular complexity index is 952. The molecule has 0 saturated heterocycles. The van der Waals surface area contributed by atoms with Crippen molar-refractivity contribution < 1.29 is 9.59 Å². The van der Waals surface area contributed by atoms with Crippen LogP contribution in [0.1, 0.15) is 32.0 Å². The van der Waals surface area contributed by atoms with Gasteiger partial charge in [-0.3, -0.25) is 9.59 Å². The Kier molecular flexibility index (Phi) is 6.26. The molecule has 0 aliphatic heterocycles. The zero-order valence-corrected chi connectivity index (χ0v) is 16.6. The summed E-state index contributed by atoms with van der Waals surface area (Å²) in [5.41, 5.74) is 3.82. The number of thioether (sulfide) groups is 1. The fraction of sp³-hybridized carbons (Fsp3) is 0.150. The molecule has 0 unspecified atom stereocenters. The standard InChI is InChI=1S/C20H19N3O2S2/c1-13-11-26-20(22-13)27-12-14-6-8-15(9-7-14)19(25)23-17-5-3-4-16(10-17)18(24)21-2/h3-11H,12H2,1-2H3,(H,21,24)(H,23,25). The van der Waals surface area contributed by atoms with Crippen LogP contribution < -0.4 is 10.6 Å². The van der Waals surface area contributed by atoms with Crippen molar-refractivity contribution in [3.05, 3.63) is 76.3 Å². The maximum atomic E-state index is 12.4. The molecule has 0 saturated carbocycles. The van der Waals surface area contributed by atoms with E-state index in [0.29, 0.717) is 16.8 Å². The van der Waals surface area contributed by atoms with Crippen LogP contribution in [0.4, 0.5) is 5.69 Å². The highest BCUT2D eigenvalue weighted by molar-refractivity contribution is 8.00. The first-order valence-corrected chi connectivity index (χ1v) is 10.2. The third-order valence-corrected chi connectivity index (χ3v) is 6.00. The molecule has 138 valence electrons. The number of hydrogen-bond donors (Lipinski definition) is 2. The zero-order chi connectivity index (χ0) is 19.2. The molecular weight excluding hydrogens is 378 g/mol. The van der Waals surface area contributed by atoms with Gasteiger partial charge in [-0.1, -0.05) is 30.0 Å². The number of nitrogens with one attached hydrogen (secondary N) is 2. The van der Waals surface area contributed by atoms with Crippen molar-refractivity contribution in [1.82, 2.24) is 10.3 Å². The quantitative estimate of drug-likeness (QED) is 0.607. The number of hydrogen-bond acceptors (Lipinski definition) is 5. The van der Waals surface area contributed by atoms with Gasteiger partial charge in [0.2, 0.25) is 0 Å². The molecule has 0 aliphatic carbocycles. The van der Waals surface area contributed by atoms with Crippen LogP contribution in [0.5, 0.6) is 0 Å². The Morgan fingerprint density at radius 1 is 1.07 bits per heavy atom. The van der Waals surface area contributed by atoms with E-state index in [1.807, 2.05) is 24.4 Å². The van der Waals surface area contributed by atoms with Gasteiger partial charge in [-0.05, 0) is 42.8 Å². The van der Waals surface area contributed by atoms with E-state index in [-0.39, 0.29) is 11.8 Å². The summed E-state index contributed by atoms with van der Waals surface area (Å²) in [7, 11) is 1.57. The number of thiazole rings is 1. The number of aryl methyl sites for hydroxylation is 1. The fourth-order valence-corrected chi connectivity index (χ4v) is 4.19. The van der Waals surface area contributed by atoms with Crippen molar-refractivity contribution in [3.8, 4) is 0 Å². The summed E-state index contributed by atoms with van der Waals surface area (Å²) in [5, 5.41) is 7.43. The molecule has 3 aromatic rings. The topological polar surface area (TPSA) is 71.1 Å². The number of carbonyl (C=O) groups excluding carboxylic acids is 2. The fourth-order valence-electron chi connectivity index (χ4n) is 2.38. The number of nitrogens with zero attached hydrogens (tertiary/aromatic N) is 1. The minimum absolute atomic E-state index is 0.191. The van der Waals surface area contributed by atoms with Crippen LogP contribution in [0.15, 0.2) is 58.3 Å². The molecular formula is C20H19N3O2S2. The second-order valence-corrected chi connectivity index (χ2v) is 7.94. The summed E-state index contributed by atoms with van der Waals surface area (Å²) in [6.45, 7) is 1.98. The lowest BCUT2D eigenvalue weighted by atomic mass is 10.1. The van der Waals surface area contributed by atoms with Crippen molar-refractivity contribution in [2.24, 2.45) is 0 Å². The Morgan fingerprint density at radius 3 is 2.52 bits per heavy atom. The second kappa shape index (κ2) is 8.83. The van der Waals surface area contributed by atoms with E-state index in [1.165, 1.54) is 0 Å². The second-order valence-electron chi connectivity index (χ2n) is 5.85. The highest BCUT2D eigenvalue weighted by Gasteiger charge is 2.09. The van der Waals surface area contributed by atoms with Crippen LogP contribution in [0.3, 0.4) is 0 Å². The summed E-state index contributed by atoms with van der Waals surface area (Å²) in [6.07, 6.45) is 0. The molecule has 0 radical (unpaired) electrons. The predicted molar refractivity (Wildman–Crippen MR) is 111 cm³/mol. The lowest BCUT2D eigenvalue weighted by Gasteiger charge is -2.08. The Hall–Kier alpha value is -2.64. The van der Waals surface area contributed by atoms with Gasteiger partial charge in [0.25, 0.3) is 11.8 Å². The first-order chi connectivity index (χ1) is 13.0. The van der Waals surface area contributed by atoms with Gasteiger partial charge in [-0.2, -0.15) is 0 Å². The molecule has 0 atom stereocenters.